The quantitative estimate of drug-likeness (QED) is 0.696. The fourth-order valence-electron chi connectivity index (χ4n) is 1.65. The van der Waals surface area contributed by atoms with Crippen molar-refractivity contribution in [3.05, 3.63) is 32.4 Å². The van der Waals surface area contributed by atoms with E-state index in [1.807, 2.05) is 0 Å². The Balaban J connectivity index is 2.66. The fraction of sp³-hybridized carbons (Fsp3) is 0.273. The van der Waals surface area contributed by atoms with Crippen LogP contribution in [0.3, 0.4) is 0 Å². The van der Waals surface area contributed by atoms with Crippen LogP contribution in [0.1, 0.15) is 13.3 Å². The van der Waals surface area contributed by atoms with Gasteiger partial charge in [-0.2, -0.15) is 0 Å². The number of halogens is 2. The van der Waals surface area contributed by atoms with Gasteiger partial charge in [0.25, 0.3) is 0 Å². The molecule has 1 heterocycles. The lowest BCUT2D eigenvalue weighted by atomic mass is 10.2. The van der Waals surface area contributed by atoms with E-state index in [1.54, 1.807) is 0 Å². The highest BCUT2D eigenvalue weighted by atomic mass is 127. The summed E-state index contributed by atoms with van der Waals surface area (Å²) < 4.78 is 4.80. The SMILES string of the molecule is CCCn1cc(I)c2ccc(Br)cc21. The molecule has 0 unspecified atom stereocenters. The van der Waals surface area contributed by atoms with Gasteiger partial charge in [0, 0.05) is 26.2 Å². The van der Waals surface area contributed by atoms with E-state index in [4.69, 9.17) is 0 Å². The van der Waals surface area contributed by atoms with E-state index in [2.05, 4.69) is 74.4 Å². The molecular formula is C11H11BrIN. The summed E-state index contributed by atoms with van der Waals surface area (Å²) in [5, 5.41) is 1.35. The van der Waals surface area contributed by atoms with Gasteiger partial charge in [-0.3, -0.25) is 0 Å². The van der Waals surface area contributed by atoms with E-state index in [0.717, 1.165) is 11.0 Å². The lowest BCUT2D eigenvalue weighted by molar-refractivity contribution is 0.702. The number of benzene rings is 1. The second-order valence-corrected chi connectivity index (χ2v) is 5.41. The minimum atomic E-state index is 1.09. The monoisotopic (exact) mass is 363 g/mol. The minimum Gasteiger partial charge on any atom is -0.346 e. The molecule has 3 heteroatoms. The first-order valence-corrected chi connectivity index (χ1v) is 6.53. The van der Waals surface area contributed by atoms with Crippen LogP contribution in [-0.4, -0.2) is 4.57 Å². The maximum atomic E-state index is 3.51. The van der Waals surface area contributed by atoms with Crippen LogP contribution in [0.2, 0.25) is 0 Å². The molecule has 0 fully saturated rings. The van der Waals surface area contributed by atoms with E-state index in [9.17, 15) is 0 Å². The van der Waals surface area contributed by atoms with Crippen molar-refractivity contribution in [1.29, 1.82) is 0 Å². The first kappa shape index (κ1) is 10.5. The topological polar surface area (TPSA) is 4.93 Å². The van der Waals surface area contributed by atoms with E-state index in [0.29, 0.717) is 0 Å². The number of aromatic nitrogens is 1. The summed E-state index contributed by atoms with van der Waals surface area (Å²) in [5.41, 5.74) is 1.32. The molecule has 0 atom stereocenters. The Morgan fingerprint density at radius 2 is 2.21 bits per heavy atom. The predicted octanol–water partition coefficient (Wildman–Crippen LogP) is 4.42. The molecular weight excluding hydrogens is 353 g/mol. The maximum absolute atomic E-state index is 3.51. The van der Waals surface area contributed by atoms with Crippen LogP contribution < -0.4 is 0 Å². The Hall–Kier alpha value is -0.0300. The Kier molecular flexibility index (Phi) is 3.17. The third-order valence-corrected chi connectivity index (χ3v) is 3.61. The predicted molar refractivity (Wildman–Crippen MR) is 72.6 cm³/mol. The van der Waals surface area contributed by atoms with Crippen molar-refractivity contribution in [1.82, 2.24) is 4.57 Å². The summed E-state index contributed by atoms with van der Waals surface area (Å²) in [5.74, 6) is 0. The van der Waals surface area contributed by atoms with Crippen molar-refractivity contribution in [2.45, 2.75) is 19.9 Å². The van der Waals surface area contributed by atoms with E-state index >= 15 is 0 Å². The number of fused-ring (bicyclic) bond motifs is 1. The van der Waals surface area contributed by atoms with E-state index < -0.39 is 0 Å². The van der Waals surface area contributed by atoms with Crippen molar-refractivity contribution in [2.75, 3.05) is 0 Å². The highest BCUT2D eigenvalue weighted by molar-refractivity contribution is 14.1. The molecule has 0 aliphatic rings. The van der Waals surface area contributed by atoms with Gasteiger partial charge in [0.1, 0.15) is 0 Å². The lowest BCUT2D eigenvalue weighted by Gasteiger charge is -2.02. The molecule has 74 valence electrons. The maximum Gasteiger partial charge on any atom is 0.0502 e. The average Bonchev–Trinajstić information content (AvgIpc) is 2.44. The molecule has 0 saturated heterocycles. The second kappa shape index (κ2) is 4.23. The highest BCUT2D eigenvalue weighted by Gasteiger charge is 2.05. The number of hydrogen-bond donors (Lipinski definition) is 0. The molecule has 2 aromatic rings. The third kappa shape index (κ3) is 1.84. The molecule has 14 heavy (non-hydrogen) atoms. The van der Waals surface area contributed by atoms with Crippen molar-refractivity contribution >= 4 is 49.4 Å². The van der Waals surface area contributed by atoms with Crippen LogP contribution >= 0.6 is 38.5 Å². The standard InChI is InChI=1S/C11H11BrIN/c1-2-5-14-7-10(13)9-4-3-8(12)6-11(9)14/h3-4,6-7H,2,5H2,1H3. The molecule has 0 amide bonds. The van der Waals surface area contributed by atoms with Crippen molar-refractivity contribution in [3.8, 4) is 0 Å². The van der Waals surface area contributed by atoms with Crippen molar-refractivity contribution in [2.24, 2.45) is 0 Å². The molecule has 0 aliphatic heterocycles. The molecule has 1 nitrogen and oxygen atoms in total. The van der Waals surface area contributed by atoms with Crippen LogP contribution in [0.4, 0.5) is 0 Å². The van der Waals surface area contributed by atoms with Gasteiger partial charge in [-0.1, -0.05) is 28.9 Å². The summed E-state index contributed by atoms with van der Waals surface area (Å²) in [7, 11) is 0. The second-order valence-electron chi connectivity index (χ2n) is 3.33. The van der Waals surface area contributed by atoms with Gasteiger partial charge in [-0.25, -0.2) is 0 Å². The molecule has 0 radical (unpaired) electrons. The van der Waals surface area contributed by atoms with Crippen LogP contribution in [0, 0.1) is 3.57 Å². The van der Waals surface area contributed by atoms with Crippen LogP contribution in [0.15, 0.2) is 28.9 Å². The zero-order valence-corrected chi connectivity index (χ0v) is 11.7. The number of nitrogens with zero attached hydrogens (tertiary/aromatic N) is 1. The van der Waals surface area contributed by atoms with Gasteiger partial charge >= 0.3 is 0 Å². The zero-order valence-electron chi connectivity index (χ0n) is 7.93. The Morgan fingerprint density at radius 3 is 2.93 bits per heavy atom. The summed E-state index contributed by atoms with van der Waals surface area (Å²) >= 11 is 5.91. The molecule has 1 aromatic heterocycles. The smallest absolute Gasteiger partial charge is 0.0502 e. The Morgan fingerprint density at radius 1 is 1.43 bits per heavy atom. The lowest BCUT2D eigenvalue weighted by Crippen LogP contribution is -1.93. The zero-order chi connectivity index (χ0) is 10.1. The molecule has 0 bridgehead atoms. The molecule has 0 saturated carbocycles. The average molecular weight is 364 g/mol. The van der Waals surface area contributed by atoms with Crippen molar-refractivity contribution < 1.29 is 0 Å². The fourth-order valence-corrected chi connectivity index (χ4v) is 2.79. The van der Waals surface area contributed by atoms with Crippen molar-refractivity contribution in [3.63, 3.8) is 0 Å². The molecule has 0 N–H and O–H groups in total. The molecule has 1 aromatic carbocycles. The van der Waals surface area contributed by atoms with Crippen LogP contribution in [0.25, 0.3) is 10.9 Å². The van der Waals surface area contributed by atoms with Gasteiger partial charge in [0.2, 0.25) is 0 Å². The Labute approximate surface area is 106 Å². The van der Waals surface area contributed by atoms with Gasteiger partial charge in [-0.15, -0.1) is 0 Å². The molecule has 0 aliphatic carbocycles. The minimum absolute atomic E-state index is 1.09. The van der Waals surface area contributed by atoms with Gasteiger partial charge in [0.15, 0.2) is 0 Å². The van der Waals surface area contributed by atoms with Gasteiger partial charge < -0.3 is 4.57 Å². The van der Waals surface area contributed by atoms with E-state index in [1.165, 1.54) is 20.9 Å². The van der Waals surface area contributed by atoms with Crippen LogP contribution in [-0.2, 0) is 6.54 Å². The first-order chi connectivity index (χ1) is 6.72. The number of hydrogen-bond acceptors (Lipinski definition) is 0. The largest absolute Gasteiger partial charge is 0.346 e. The summed E-state index contributed by atoms with van der Waals surface area (Å²) in [6.45, 7) is 3.30. The van der Waals surface area contributed by atoms with E-state index in [-0.39, 0.29) is 0 Å². The highest BCUT2D eigenvalue weighted by Crippen LogP contribution is 2.26. The normalized spacial score (nSPS) is 11.1. The van der Waals surface area contributed by atoms with Crippen LogP contribution in [0.5, 0.6) is 0 Å². The first-order valence-electron chi connectivity index (χ1n) is 4.66. The third-order valence-electron chi connectivity index (χ3n) is 2.26. The molecule has 2 rings (SSSR count). The van der Waals surface area contributed by atoms with Gasteiger partial charge in [-0.05, 0) is 41.1 Å². The number of rotatable bonds is 2. The number of aryl methyl sites for hydroxylation is 1. The molecule has 0 spiro atoms. The Bertz CT molecular complexity index is 462. The van der Waals surface area contributed by atoms with Gasteiger partial charge in [0.05, 0.1) is 5.52 Å². The summed E-state index contributed by atoms with van der Waals surface area (Å²) in [4.78, 5) is 0. The summed E-state index contributed by atoms with van der Waals surface area (Å²) in [6, 6.07) is 6.46. The summed E-state index contributed by atoms with van der Waals surface area (Å²) in [6.07, 6.45) is 3.40.